The lowest BCUT2D eigenvalue weighted by Gasteiger charge is -2.17. The monoisotopic (exact) mass is 343 g/mol. The molecule has 0 saturated carbocycles. The van der Waals surface area contributed by atoms with Crippen LogP contribution in [-0.2, 0) is 10.0 Å². The molecule has 8 nitrogen and oxygen atoms in total. The van der Waals surface area contributed by atoms with E-state index in [1.54, 1.807) is 0 Å². The number of methoxy groups -OCH3 is 1. The normalized spacial score (nSPS) is 17.0. The van der Waals surface area contributed by atoms with Gasteiger partial charge in [0.25, 0.3) is 0 Å². The summed E-state index contributed by atoms with van der Waals surface area (Å²) < 4.78 is 35.3. The van der Waals surface area contributed by atoms with Crippen LogP contribution in [0.3, 0.4) is 0 Å². The summed E-state index contributed by atoms with van der Waals surface area (Å²) in [6.45, 7) is 0.763. The number of aldehydes is 1. The van der Waals surface area contributed by atoms with E-state index in [0.717, 1.165) is 0 Å². The van der Waals surface area contributed by atoms with Crippen molar-refractivity contribution in [2.24, 2.45) is 0 Å². The van der Waals surface area contributed by atoms with E-state index in [0.29, 0.717) is 19.3 Å². The van der Waals surface area contributed by atoms with E-state index in [1.165, 1.54) is 23.5 Å². The van der Waals surface area contributed by atoms with Crippen molar-refractivity contribution in [3.05, 3.63) is 17.7 Å². The van der Waals surface area contributed by atoms with Crippen molar-refractivity contribution in [2.45, 2.75) is 6.42 Å². The summed E-state index contributed by atoms with van der Waals surface area (Å²) in [7, 11) is -3.62. The molecule has 2 N–H and O–H groups in total. The van der Waals surface area contributed by atoms with E-state index < -0.39 is 17.1 Å². The SMILES string of the molecule is COc1cc(B(O)O)c(C=O)cc1OCCN1CCCS1(=O)=O. The maximum atomic E-state index is 11.7. The van der Waals surface area contributed by atoms with E-state index in [-0.39, 0.29) is 41.4 Å². The van der Waals surface area contributed by atoms with Gasteiger partial charge < -0.3 is 19.5 Å². The molecular weight excluding hydrogens is 325 g/mol. The number of benzene rings is 1. The third kappa shape index (κ3) is 4.02. The fourth-order valence-corrected chi connectivity index (χ4v) is 3.90. The van der Waals surface area contributed by atoms with Gasteiger partial charge in [-0.15, -0.1) is 0 Å². The van der Waals surface area contributed by atoms with Crippen molar-refractivity contribution < 1.29 is 32.7 Å². The van der Waals surface area contributed by atoms with Crippen molar-refractivity contribution in [3.63, 3.8) is 0 Å². The molecule has 0 atom stereocenters. The Balaban J connectivity index is 2.11. The average Bonchev–Trinajstić information content (AvgIpc) is 2.85. The minimum Gasteiger partial charge on any atom is -0.493 e. The third-order valence-electron chi connectivity index (χ3n) is 3.58. The lowest BCUT2D eigenvalue weighted by Crippen LogP contribution is -2.33. The first-order valence-electron chi connectivity index (χ1n) is 7.03. The highest BCUT2D eigenvalue weighted by molar-refractivity contribution is 7.89. The summed E-state index contributed by atoms with van der Waals surface area (Å²) in [6.07, 6.45) is 1.08. The quantitative estimate of drug-likeness (QED) is 0.462. The van der Waals surface area contributed by atoms with Crippen LogP contribution in [0, 0.1) is 0 Å². The molecule has 1 heterocycles. The summed E-state index contributed by atoms with van der Waals surface area (Å²) in [6, 6.07) is 2.63. The minimum atomic E-state index is -3.19. The molecule has 126 valence electrons. The first-order valence-corrected chi connectivity index (χ1v) is 8.64. The van der Waals surface area contributed by atoms with E-state index in [9.17, 15) is 23.3 Å². The molecular formula is C13H18BNO7S. The number of ether oxygens (including phenoxy) is 2. The van der Waals surface area contributed by atoms with E-state index in [4.69, 9.17) is 9.47 Å². The Morgan fingerprint density at radius 3 is 2.61 bits per heavy atom. The van der Waals surface area contributed by atoms with Crippen LogP contribution >= 0.6 is 0 Å². The lowest BCUT2D eigenvalue weighted by atomic mass is 9.77. The second kappa shape index (κ2) is 7.30. The third-order valence-corrected chi connectivity index (χ3v) is 5.53. The van der Waals surface area contributed by atoms with Crippen LogP contribution in [0.2, 0.25) is 0 Å². The lowest BCUT2D eigenvalue weighted by molar-refractivity contribution is 0.112. The zero-order chi connectivity index (χ0) is 17.0. The average molecular weight is 343 g/mol. The van der Waals surface area contributed by atoms with Gasteiger partial charge >= 0.3 is 7.12 Å². The van der Waals surface area contributed by atoms with Crippen LogP contribution in [0.25, 0.3) is 0 Å². The molecule has 0 bridgehead atoms. The molecule has 10 heteroatoms. The van der Waals surface area contributed by atoms with Gasteiger partial charge in [0.1, 0.15) is 12.9 Å². The molecule has 1 aromatic carbocycles. The molecule has 1 fully saturated rings. The Hall–Kier alpha value is -1.62. The van der Waals surface area contributed by atoms with E-state index in [2.05, 4.69) is 0 Å². The van der Waals surface area contributed by atoms with Gasteiger partial charge in [-0.25, -0.2) is 8.42 Å². The van der Waals surface area contributed by atoms with Gasteiger partial charge in [0.2, 0.25) is 10.0 Å². The Morgan fingerprint density at radius 1 is 1.35 bits per heavy atom. The van der Waals surface area contributed by atoms with Crippen molar-refractivity contribution in [2.75, 3.05) is 32.6 Å². The predicted octanol–water partition coefficient (Wildman–Crippen LogP) is -1.40. The zero-order valence-corrected chi connectivity index (χ0v) is 13.5. The van der Waals surface area contributed by atoms with Gasteiger partial charge in [0, 0.05) is 18.7 Å². The fourth-order valence-electron chi connectivity index (χ4n) is 2.39. The summed E-state index contributed by atoms with van der Waals surface area (Å²) in [5.41, 5.74) is 0.0657. The minimum absolute atomic E-state index is 0.00585. The van der Waals surface area contributed by atoms with Crippen LogP contribution in [0.1, 0.15) is 16.8 Å². The van der Waals surface area contributed by atoms with Crippen LogP contribution in [-0.4, -0.2) is 68.7 Å². The molecule has 1 aromatic rings. The standard InChI is InChI=1S/C13H18BNO7S/c1-21-12-8-11(14(17)18)10(9-16)7-13(12)22-5-4-15-3-2-6-23(15,19)20/h7-9,17-18H,2-6H2,1H3. The number of sulfonamides is 1. The molecule has 0 amide bonds. The van der Waals surface area contributed by atoms with E-state index in [1.807, 2.05) is 0 Å². The molecule has 2 rings (SSSR count). The molecule has 0 aliphatic carbocycles. The predicted molar refractivity (Wildman–Crippen MR) is 83.7 cm³/mol. The van der Waals surface area contributed by atoms with Crippen molar-refractivity contribution >= 4 is 28.9 Å². The van der Waals surface area contributed by atoms with Gasteiger partial charge in [-0.1, -0.05) is 0 Å². The number of hydrogen-bond acceptors (Lipinski definition) is 7. The highest BCUT2D eigenvalue weighted by Gasteiger charge is 2.28. The highest BCUT2D eigenvalue weighted by Crippen LogP contribution is 2.27. The molecule has 1 aliphatic rings. The second-order valence-electron chi connectivity index (χ2n) is 5.04. The van der Waals surface area contributed by atoms with Crippen LogP contribution < -0.4 is 14.9 Å². The smallest absolute Gasteiger partial charge is 0.489 e. The highest BCUT2D eigenvalue weighted by atomic mass is 32.2. The maximum Gasteiger partial charge on any atom is 0.489 e. The summed E-state index contributed by atoms with van der Waals surface area (Å²) in [5.74, 6) is 0.605. The van der Waals surface area contributed by atoms with Gasteiger partial charge in [-0.3, -0.25) is 4.79 Å². The Bertz CT molecular complexity index is 677. The molecule has 1 aliphatic heterocycles. The topological polar surface area (TPSA) is 113 Å². The summed E-state index contributed by atoms with van der Waals surface area (Å²) >= 11 is 0. The molecule has 0 unspecified atom stereocenters. The largest absolute Gasteiger partial charge is 0.493 e. The van der Waals surface area contributed by atoms with Gasteiger partial charge in [0.15, 0.2) is 11.5 Å². The molecule has 0 radical (unpaired) electrons. The Labute approximate surface area is 134 Å². The first-order chi connectivity index (χ1) is 10.9. The summed E-state index contributed by atoms with van der Waals surface area (Å²) in [4.78, 5) is 11.0. The summed E-state index contributed by atoms with van der Waals surface area (Å²) in [5, 5.41) is 18.5. The van der Waals surface area contributed by atoms with Gasteiger partial charge in [0.05, 0.1) is 12.9 Å². The van der Waals surface area contributed by atoms with Crippen molar-refractivity contribution in [1.29, 1.82) is 0 Å². The Kier molecular flexibility index (Phi) is 5.63. The van der Waals surface area contributed by atoms with Gasteiger partial charge in [-0.2, -0.15) is 4.31 Å². The van der Waals surface area contributed by atoms with Crippen LogP contribution in [0.15, 0.2) is 12.1 Å². The van der Waals surface area contributed by atoms with E-state index >= 15 is 0 Å². The van der Waals surface area contributed by atoms with Crippen LogP contribution in [0.4, 0.5) is 0 Å². The molecule has 23 heavy (non-hydrogen) atoms. The van der Waals surface area contributed by atoms with Crippen molar-refractivity contribution in [1.82, 2.24) is 4.31 Å². The van der Waals surface area contributed by atoms with Crippen LogP contribution in [0.5, 0.6) is 11.5 Å². The molecule has 0 aromatic heterocycles. The van der Waals surface area contributed by atoms with Gasteiger partial charge in [-0.05, 0) is 24.0 Å². The number of carbonyl (C=O) groups excluding carboxylic acids is 1. The first kappa shape index (κ1) is 17.7. The zero-order valence-electron chi connectivity index (χ0n) is 12.6. The number of rotatable bonds is 7. The number of nitrogens with zero attached hydrogens (tertiary/aromatic N) is 1. The number of carbonyl (C=O) groups is 1. The molecule has 0 spiro atoms. The fraction of sp³-hybridized carbons (Fsp3) is 0.462. The maximum absolute atomic E-state index is 11.7. The van der Waals surface area contributed by atoms with Crippen molar-refractivity contribution in [3.8, 4) is 11.5 Å². The second-order valence-corrected chi connectivity index (χ2v) is 7.13. The Morgan fingerprint density at radius 2 is 2.09 bits per heavy atom. The number of hydrogen-bond donors (Lipinski definition) is 2. The molecule has 1 saturated heterocycles.